The number of halogens is 1. The summed E-state index contributed by atoms with van der Waals surface area (Å²) in [7, 11) is 1.95. The van der Waals surface area contributed by atoms with Crippen LogP contribution >= 0.6 is 15.9 Å². The summed E-state index contributed by atoms with van der Waals surface area (Å²) in [5.41, 5.74) is 2.14. The van der Waals surface area contributed by atoms with E-state index in [1.54, 1.807) is 0 Å². The Bertz CT molecular complexity index is 559. The van der Waals surface area contributed by atoms with E-state index >= 15 is 0 Å². The first kappa shape index (κ1) is 13.4. The summed E-state index contributed by atoms with van der Waals surface area (Å²) in [6.07, 6.45) is 1.91. The van der Waals surface area contributed by atoms with Crippen molar-refractivity contribution in [3.63, 3.8) is 0 Å². The van der Waals surface area contributed by atoms with Crippen LogP contribution in [0.3, 0.4) is 0 Å². The Kier molecular flexibility index (Phi) is 4.25. The highest BCUT2D eigenvalue weighted by molar-refractivity contribution is 9.10. The summed E-state index contributed by atoms with van der Waals surface area (Å²) in [5.74, 6) is 0.967. The Labute approximate surface area is 116 Å². The third-order valence-electron chi connectivity index (χ3n) is 3.20. The van der Waals surface area contributed by atoms with Crippen LogP contribution in [0.15, 0.2) is 45.3 Å². The molecule has 2 nitrogen and oxygen atoms in total. The number of nitrogens with one attached hydrogen (secondary N) is 1. The van der Waals surface area contributed by atoms with Crippen LogP contribution in [-0.4, -0.2) is 7.05 Å². The van der Waals surface area contributed by atoms with Crippen LogP contribution in [0.1, 0.15) is 31.6 Å². The number of para-hydroxylation sites is 1. The van der Waals surface area contributed by atoms with Gasteiger partial charge in [0, 0.05) is 5.39 Å². The number of furan rings is 1. The van der Waals surface area contributed by atoms with Gasteiger partial charge in [-0.05, 0) is 48.0 Å². The summed E-state index contributed by atoms with van der Waals surface area (Å²) in [6, 6.07) is 8.37. The molecule has 0 aliphatic rings. The lowest BCUT2D eigenvalue weighted by molar-refractivity contribution is 0.447. The van der Waals surface area contributed by atoms with Gasteiger partial charge in [0.05, 0.1) is 10.5 Å². The minimum Gasteiger partial charge on any atom is -0.458 e. The molecule has 0 amide bonds. The number of hydrogen-bond donors (Lipinski definition) is 1. The number of hydrogen-bond acceptors (Lipinski definition) is 2. The van der Waals surface area contributed by atoms with Crippen molar-refractivity contribution in [3.05, 3.63) is 46.7 Å². The maximum absolute atomic E-state index is 5.95. The van der Waals surface area contributed by atoms with Crippen molar-refractivity contribution in [2.75, 3.05) is 7.05 Å². The molecular weight excluding hydrogens is 290 g/mol. The fraction of sp³-hybridized carbons (Fsp3) is 0.333. The zero-order valence-corrected chi connectivity index (χ0v) is 12.4. The van der Waals surface area contributed by atoms with E-state index < -0.39 is 0 Å². The van der Waals surface area contributed by atoms with E-state index in [-0.39, 0.29) is 6.04 Å². The maximum Gasteiger partial charge on any atom is 0.148 e. The lowest BCUT2D eigenvalue weighted by Gasteiger charge is -2.14. The highest BCUT2D eigenvalue weighted by Crippen LogP contribution is 2.31. The van der Waals surface area contributed by atoms with E-state index in [1.807, 2.05) is 19.2 Å². The van der Waals surface area contributed by atoms with Crippen molar-refractivity contribution in [1.29, 1.82) is 0 Å². The minimum absolute atomic E-state index is 0.191. The molecule has 1 aromatic carbocycles. The van der Waals surface area contributed by atoms with Crippen LogP contribution in [0, 0.1) is 0 Å². The van der Waals surface area contributed by atoms with Crippen LogP contribution < -0.4 is 5.32 Å². The molecule has 1 aromatic heterocycles. The van der Waals surface area contributed by atoms with E-state index in [2.05, 4.69) is 46.9 Å². The van der Waals surface area contributed by atoms with E-state index in [0.717, 1.165) is 34.0 Å². The number of fused-ring (bicyclic) bond motifs is 1. The van der Waals surface area contributed by atoms with Crippen LogP contribution in [0.5, 0.6) is 0 Å². The van der Waals surface area contributed by atoms with Crippen molar-refractivity contribution in [2.45, 2.75) is 25.8 Å². The van der Waals surface area contributed by atoms with Gasteiger partial charge in [0.25, 0.3) is 0 Å². The Morgan fingerprint density at radius 2 is 2.28 bits per heavy atom. The molecule has 96 valence electrons. The fourth-order valence-corrected chi connectivity index (χ4v) is 2.46. The van der Waals surface area contributed by atoms with Gasteiger partial charge >= 0.3 is 0 Å². The molecule has 1 unspecified atom stereocenters. The van der Waals surface area contributed by atoms with Crippen molar-refractivity contribution >= 4 is 26.9 Å². The maximum atomic E-state index is 5.95. The van der Waals surface area contributed by atoms with Gasteiger partial charge in [-0.3, -0.25) is 0 Å². The zero-order chi connectivity index (χ0) is 13.1. The van der Waals surface area contributed by atoms with Crippen LogP contribution in [0.4, 0.5) is 0 Å². The van der Waals surface area contributed by atoms with Crippen LogP contribution in [0.2, 0.25) is 0 Å². The highest BCUT2D eigenvalue weighted by Gasteiger charge is 2.16. The number of rotatable bonds is 5. The summed E-state index contributed by atoms with van der Waals surface area (Å²) < 4.78 is 6.94. The fourth-order valence-electron chi connectivity index (χ4n) is 2.00. The molecule has 2 rings (SSSR count). The molecule has 0 saturated heterocycles. The minimum atomic E-state index is 0.191. The lowest BCUT2D eigenvalue weighted by Crippen LogP contribution is -2.16. The van der Waals surface area contributed by atoms with E-state index in [0.29, 0.717) is 0 Å². The summed E-state index contributed by atoms with van der Waals surface area (Å²) in [5, 5.41) is 4.42. The average molecular weight is 308 g/mol. The van der Waals surface area contributed by atoms with Crippen molar-refractivity contribution in [3.8, 4) is 0 Å². The smallest absolute Gasteiger partial charge is 0.148 e. The second kappa shape index (κ2) is 5.72. The number of benzene rings is 1. The molecule has 1 heterocycles. The molecule has 0 aliphatic heterocycles. The molecule has 0 saturated carbocycles. The SMILES string of the molecule is C=C(CC)CC(NC)c1cc2cccc(Br)c2o1. The van der Waals surface area contributed by atoms with E-state index in [4.69, 9.17) is 4.42 Å². The molecule has 1 N–H and O–H groups in total. The Hall–Kier alpha value is -1.06. The molecule has 3 heteroatoms. The monoisotopic (exact) mass is 307 g/mol. The molecule has 0 bridgehead atoms. The standard InChI is InChI=1S/C15H18BrNO/c1-4-10(2)8-13(17-3)14-9-11-6-5-7-12(16)15(11)18-14/h5-7,9,13,17H,2,4,8H2,1,3H3. The van der Waals surface area contributed by atoms with Crippen LogP contribution in [-0.2, 0) is 0 Å². The van der Waals surface area contributed by atoms with Crippen molar-refractivity contribution in [1.82, 2.24) is 5.32 Å². The van der Waals surface area contributed by atoms with Gasteiger partial charge in [-0.1, -0.05) is 31.2 Å². The first-order valence-electron chi connectivity index (χ1n) is 6.17. The molecule has 0 fully saturated rings. The molecule has 0 spiro atoms. The van der Waals surface area contributed by atoms with Gasteiger partial charge in [-0.2, -0.15) is 0 Å². The molecule has 1 atom stereocenters. The van der Waals surface area contributed by atoms with Gasteiger partial charge in [0.2, 0.25) is 0 Å². The van der Waals surface area contributed by atoms with Gasteiger partial charge < -0.3 is 9.73 Å². The zero-order valence-electron chi connectivity index (χ0n) is 10.8. The van der Waals surface area contributed by atoms with Gasteiger partial charge in [-0.15, -0.1) is 0 Å². The normalized spacial score (nSPS) is 12.8. The van der Waals surface area contributed by atoms with E-state index in [1.165, 1.54) is 5.57 Å². The van der Waals surface area contributed by atoms with Gasteiger partial charge in [0.1, 0.15) is 11.3 Å². The second-order valence-electron chi connectivity index (χ2n) is 4.46. The molecule has 18 heavy (non-hydrogen) atoms. The quantitative estimate of drug-likeness (QED) is 0.802. The Morgan fingerprint density at radius 3 is 2.89 bits per heavy atom. The van der Waals surface area contributed by atoms with Gasteiger partial charge in [-0.25, -0.2) is 0 Å². The van der Waals surface area contributed by atoms with Crippen LogP contribution in [0.25, 0.3) is 11.0 Å². The molecule has 0 aliphatic carbocycles. The summed E-state index contributed by atoms with van der Waals surface area (Å²) in [4.78, 5) is 0. The molecule has 0 radical (unpaired) electrons. The predicted molar refractivity (Wildman–Crippen MR) is 79.8 cm³/mol. The first-order chi connectivity index (χ1) is 8.65. The average Bonchev–Trinajstić information content (AvgIpc) is 2.80. The third-order valence-corrected chi connectivity index (χ3v) is 3.82. The first-order valence-corrected chi connectivity index (χ1v) is 6.96. The Morgan fingerprint density at radius 1 is 1.50 bits per heavy atom. The topological polar surface area (TPSA) is 25.2 Å². The van der Waals surface area contributed by atoms with Crippen molar-refractivity contribution < 1.29 is 4.42 Å². The second-order valence-corrected chi connectivity index (χ2v) is 5.31. The molecular formula is C15H18BrNO. The highest BCUT2D eigenvalue weighted by atomic mass is 79.9. The Balaban J connectivity index is 2.34. The third kappa shape index (κ3) is 2.68. The van der Waals surface area contributed by atoms with Gasteiger partial charge in [0.15, 0.2) is 0 Å². The van der Waals surface area contributed by atoms with E-state index in [9.17, 15) is 0 Å². The largest absolute Gasteiger partial charge is 0.458 e. The summed E-state index contributed by atoms with van der Waals surface area (Å²) in [6.45, 7) is 6.20. The molecule has 2 aromatic rings. The van der Waals surface area contributed by atoms with Crippen molar-refractivity contribution in [2.24, 2.45) is 0 Å². The lowest BCUT2D eigenvalue weighted by atomic mass is 10.0. The summed E-state index contributed by atoms with van der Waals surface area (Å²) >= 11 is 3.51. The predicted octanol–water partition coefficient (Wildman–Crippen LogP) is 4.81.